The van der Waals surface area contributed by atoms with Gasteiger partial charge in [-0.3, -0.25) is 0 Å². The second kappa shape index (κ2) is 15.8. The molecule has 2 rings (SSSR count). The normalized spacial score (nSPS) is 10.8. The lowest BCUT2D eigenvalue weighted by Crippen LogP contribution is -2.39. The molecule has 0 spiro atoms. The van der Waals surface area contributed by atoms with Crippen molar-refractivity contribution >= 4 is 29.9 Å². The molecule has 0 radical (unpaired) electrons. The van der Waals surface area contributed by atoms with Gasteiger partial charge in [-0.05, 0) is 55.2 Å². The number of rotatable bonds is 12. The van der Waals surface area contributed by atoms with Gasteiger partial charge in [0.25, 0.3) is 0 Å². The van der Waals surface area contributed by atoms with Crippen molar-refractivity contribution < 1.29 is 14.2 Å². The maximum atomic E-state index is 5.40. The quantitative estimate of drug-likeness (QED) is 0.189. The Balaban J connectivity index is 0.00000450. The predicted molar refractivity (Wildman–Crippen MR) is 133 cm³/mol. The van der Waals surface area contributed by atoms with E-state index < -0.39 is 0 Å². The Morgan fingerprint density at radius 3 is 2.33 bits per heavy atom. The van der Waals surface area contributed by atoms with Gasteiger partial charge in [0, 0.05) is 26.3 Å². The summed E-state index contributed by atoms with van der Waals surface area (Å²) in [7, 11) is 3.36. The van der Waals surface area contributed by atoms with Gasteiger partial charge in [0.1, 0.15) is 11.5 Å². The molecule has 0 aromatic heterocycles. The standard InChI is InChI=1S/C23H33N3O3.HI/c1-4-29-16-6-14-24-23(26-18-20-9-11-21(27-2)12-10-20)25-15-13-19-7-5-8-22(17-19)28-3;/h5,7-12,17H,4,6,13-16,18H2,1-3H3,(H2,24,25,26);1H. The van der Waals surface area contributed by atoms with Crippen LogP contribution in [0.15, 0.2) is 53.5 Å². The van der Waals surface area contributed by atoms with Crippen LogP contribution in [-0.2, 0) is 17.7 Å². The fraction of sp³-hybridized carbons (Fsp3) is 0.435. The minimum absolute atomic E-state index is 0. The second-order valence-electron chi connectivity index (χ2n) is 6.52. The number of hydrogen-bond acceptors (Lipinski definition) is 4. The van der Waals surface area contributed by atoms with Crippen molar-refractivity contribution in [2.45, 2.75) is 26.3 Å². The molecule has 166 valence electrons. The molecule has 0 aliphatic carbocycles. The van der Waals surface area contributed by atoms with E-state index in [0.717, 1.165) is 62.2 Å². The zero-order valence-electron chi connectivity index (χ0n) is 18.1. The molecule has 6 nitrogen and oxygen atoms in total. The summed E-state index contributed by atoms with van der Waals surface area (Å²) in [5.74, 6) is 2.54. The molecule has 2 N–H and O–H groups in total. The van der Waals surface area contributed by atoms with Gasteiger partial charge >= 0.3 is 0 Å². The highest BCUT2D eigenvalue weighted by Crippen LogP contribution is 2.13. The van der Waals surface area contributed by atoms with Crippen LogP contribution < -0.4 is 20.1 Å². The summed E-state index contributed by atoms with van der Waals surface area (Å²) in [6.45, 7) is 5.70. The van der Waals surface area contributed by atoms with Crippen molar-refractivity contribution in [2.75, 3.05) is 40.5 Å². The van der Waals surface area contributed by atoms with E-state index in [9.17, 15) is 0 Å². The highest BCUT2D eigenvalue weighted by molar-refractivity contribution is 14.0. The van der Waals surface area contributed by atoms with Crippen LogP contribution in [0.25, 0.3) is 0 Å². The van der Waals surface area contributed by atoms with Crippen LogP contribution in [0.5, 0.6) is 11.5 Å². The Kier molecular flexibility index (Phi) is 13.7. The lowest BCUT2D eigenvalue weighted by Gasteiger charge is -2.13. The van der Waals surface area contributed by atoms with Crippen LogP contribution in [0, 0.1) is 0 Å². The van der Waals surface area contributed by atoms with Crippen molar-refractivity contribution in [3.8, 4) is 11.5 Å². The van der Waals surface area contributed by atoms with Crippen LogP contribution in [0.4, 0.5) is 0 Å². The topological polar surface area (TPSA) is 64.1 Å². The number of methoxy groups -OCH3 is 2. The average Bonchev–Trinajstić information content (AvgIpc) is 2.77. The Hall–Kier alpha value is -2.00. The molecular formula is C23H34IN3O3. The number of hydrogen-bond donors (Lipinski definition) is 2. The van der Waals surface area contributed by atoms with Crippen molar-refractivity contribution in [2.24, 2.45) is 4.99 Å². The fourth-order valence-electron chi connectivity index (χ4n) is 2.75. The second-order valence-corrected chi connectivity index (χ2v) is 6.52. The van der Waals surface area contributed by atoms with E-state index in [2.05, 4.69) is 22.8 Å². The zero-order chi connectivity index (χ0) is 20.7. The van der Waals surface area contributed by atoms with Crippen LogP contribution in [0.2, 0.25) is 0 Å². The first-order valence-corrected chi connectivity index (χ1v) is 10.1. The summed E-state index contributed by atoms with van der Waals surface area (Å²) in [6.07, 6.45) is 1.83. The average molecular weight is 527 g/mol. The van der Waals surface area contributed by atoms with Crippen molar-refractivity contribution in [1.82, 2.24) is 10.6 Å². The van der Waals surface area contributed by atoms with Crippen LogP contribution >= 0.6 is 24.0 Å². The first-order chi connectivity index (χ1) is 14.2. The van der Waals surface area contributed by atoms with Gasteiger partial charge in [-0.2, -0.15) is 0 Å². The number of benzene rings is 2. The summed E-state index contributed by atoms with van der Waals surface area (Å²) < 4.78 is 15.9. The van der Waals surface area contributed by atoms with E-state index >= 15 is 0 Å². The lowest BCUT2D eigenvalue weighted by atomic mass is 10.1. The predicted octanol–water partition coefficient (Wildman–Crippen LogP) is 4.03. The van der Waals surface area contributed by atoms with Gasteiger partial charge in [0.2, 0.25) is 0 Å². The van der Waals surface area contributed by atoms with Crippen LogP contribution in [0.3, 0.4) is 0 Å². The fourth-order valence-corrected chi connectivity index (χ4v) is 2.75. The Morgan fingerprint density at radius 1 is 0.900 bits per heavy atom. The van der Waals surface area contributed by atoms with E-state index in [1.165, 1.54) is 5.56 Å². The summed E-state index contributed by atoms with van der Waals surface area (Å²) in [5, 5.41) is 6.81. The molecular weight excluding hydrogens is 493 g/mol. The first kappa shape index (κ1) is 26.0. The zero-order valence-corrected chi connectivity index (χ0v) is 20.5. The maximum absolute atomic E-state index is 5.40. The van der Waals surface area contributed by atoms with Crippen LogP contribution in [0.1, 0.15) is 24.5 Å². The third kappa shape index (κ3) is 10.2. The Morgan fingerprint density at radius 2 is 1.63 bits per heavy atom. The molecule has 0 saturated carbocycles. The molecule has 2 aromatic carbocycles. The van der Waals surface area contributed by atoms with Gasteiger partial charge in [-0.15, -0.1) is 24.0 Å². The van der Waals surface area contributed by atoms with E-state index in [1.54, 1.807) is 14.2 Å². The van der Waals surface area contributed by atoms with E-state index in [-0.39, 0.29) is 24.0 Å². The molecule has 0 amide bonds. The number of halogens is 1. The van der Waals surface area contributed by atoms with Crippen LogP contribution in [-0.4, -0.2) is 46.5 Å². The number of ether oxygens (including phenoxy) is 3. The lowest BCUT2D eigenvalue weighted by molar-refractivity contribution is 0.145. The molecule has 0 unspecified atom stereocenters. The summed E-state index contributed by atoms with van der Waals surface area (Å²) in [5.41, 5.74) is 2.36. The van der Waals surface area contributed by atoms with Crippen molar-refractivity contribution in [3.05, 3.63) is 59.7 Å². The van der Waals surface area contributed by atoms with E-state index in [4.69, 9.17) is 19.2 Å². The molecule has 30 heavy (non-hydrogen) atoms. The maximum Gasteiger partial charge on any atom is 0.191 e. The third-order valence-corrected chi connectivity index (χ3v) is 4.38. The van der Waals surface area contributed by atoms with Crippen molar-refractivity contribution in [3.63, 3.8) is 0 Å². The number of guanidine groups is 1. The number of nitrogens with zero attached hydrogens (tertiary/aromatic N) is 1. The largest absolute Gasteiger partial charge is 0.497 e. The molecule has 0 fully saturated rings. The molecule has 0 atom stereocenters. The SMILES string of the molecule is CCOCCCNC(=NCc1ccc(OC)cc1)NCCc1cccc(OC)c1.I. The molecule has 0 aliphatic rings. The summed E-state index contributed by atoms with van der Waals surface area (Å²) in [4.78, 5) is 4.72. The molecule has 0 aliphatic heterocycles. The van der Waals surface area contributed by atoms with Gasteiger partial charge in [0.15, 0.2) is 5.96 Å². The highest BCUT2D eigenvalue weighted by atomic mass is 127. The van der Waals surface area contributed by atoms with Gasteiger partial charge in [0.05, 0.1) is 20.8 Å². The number of aliphatic imine (C=N–C) groups is 1. The molecule has 7 heteroatoms. The summed E-state index contributed by atoms with van der Waals surface area (Å²) in [6, 6.07) is 16.1. The molecule has 0 heterocycles. The molecule has 0 bridgehead atoms. The molecule has 0 saturated heterocycles. The minimum Gasteiger partial charge on any atom is -0.497 e. The van der Waals surface area contributed by atoms with Gasteiger partial charge in [-0.1, -0.05) is 24.3 Å². The van der Waals surface area contributed by atoms with E-state index in [1.807, 2.05) is 43.3 Å². The first-order valence-electron chi connectivity index (χ1n) is 10.1. The van der Waals surface area contributed by atoms with Gasteiger partial charge < -0.3 is 24.8 Å². The smallest absolute Gasteiger partial charge is 0.191 e. The Labute approximate surface area is 197 Å². The minimum atomic E-state index is 0. The van der Waals surface area contributed by atoms with Crippen molar-refractivity contribution in [1.29, 1.82) is 0 Å². The highest BCUT2D eigenvalue weighted by Gasteiger charge is 2.01. The monoisotopic (exact) mass is 527 g/mol. The van der Waals surface area contributed by atoms with E-state index in [0.29, 0.717) is 6.54 Å². The number of nitrogens with one attached hydrogen (secondary N) is 2. The molecule has 2 aromatic rings. The van der Waals surface area contributed by atoms with Gasteiger partial charge in [-0.25, -0.2) is 4.99 Å². The third-order valence-electron chi connectivity index (χ3n) is 4.38. The Bertz CT molecular complexity index is 739. The summed E-state index contributed by atoms with van der Waals surface area (Å²) >= 11 is 0.